The number of halogens is 1. The van der Waals surface area contributed by atoms with E-state index in [0.717, 1.165) is 5.92 Å². The Morgan fingerprint density at radius 2 is 1.73 bits per heavy atom. The molecule has 0 aromatic heterocycles. The molecule has 2 rings (SSSR count). The lowest BCUT2D eigenvalue weighted by Gasteiger charge is -2.23. The van der Waals surface area contributed by atoms with Crippen LogP contribution in [0.25, 0.3) is 0 Å². The zero-order chi connectivity index (χ0) is 9.97. The summed E-state index contributed by atoms with van der Waals surface area (Å²) < 4.78 is 0. The molecule has 0 unspecified atom stereocenters. The molecule has 0 radical (unpaired) electrons. The lowest BCUT2D eigenvalue weighted by molar-refractivity contribution is 0.460. The van der Waals surface area contributed by atoms with Gasteiger partial charge in [0.25, 0.3) is 0 Å². The molecule has 1 aliphatic heterocycles. The van der Waals surface area contributed by atoms with Gasteiger partial charge in [0.2, 0.25) is 0 Å². The molecular formula is C13H20ClN. The first-order valence-corrected chi connectivity index (χ1v) is 5.55. The summed E-state index contributed by atoms with van der Waals surface area (Å²) in [7, 11) is 0. The van der Waals surface area contributed by atoms with Crippen molar-refractivity contribution < 1.29 is 0 Å². The van der Waals surface area contributed by atoms with Crippen LogP contribution >= 0.6 is 12.4 Å². The Kier molecular flexibility index (Phi) is 4.62. The predicted octanol–water partition coefficient (Wildman–Crippen LogP) is 3.19. The van der Waals surface area contributed by atoms with Gasteiger partial charge in [-0.1, -0.05) is 18.2 Å². The number of hydrogen-bond acceptors (Lipinski definition) is 1. The largest absolute Gasteiger partial charge is 0.317 e. The summed E-state index contributed by atoms with van der Waals surface area (Å²) in [5.74, 6) is 0.788. The van der Waals surface area contributed by atoms with E-state index >= 15 is 0 Å². The molecule has 1 heterocycles. The van der Waals surface area contributed by atoms with E-state index in [-0.39, 0.29) is 12.4 Å². The van der Waals surface area contributed by atoms with Gasteiger partial charge < -0.3 is 5.32 Å². The average Bonchev–Trinajstić information content (AvgIpc) is 2.23. The van der Waals surface area contributed by atoms with Crippen LogP contribution in [0.3, 0.4) is 0 Å². The standard InChI is InChI=1S/C13H19N.ClH/c1-10-3-4-13(9-11(10)2)12-5-7-14-8-6-12;/h3-4,9,12,14H,5-8H2,1-2H3;1H. The second-order valence-corrected chi connectivity index (χ2v) is 4.37. The van der Waals surface area contributed by atoms with Gasteiger partial charge in [-0.3, -0.25) is 0 Å². The lowest BCUT2D eigenvalue weighted by atomic mass is 9.89. The van der Waals surface area contributed by atoms with Gasteiger partial charge in [-0.15, -0.1) is 12.4 Å². The van der Waals surface area contributed by atoms with Crippen LogP contribution in [0.4, 0.5) is 0 Å². The van der Waals surface area contributed by atoms with E-state index in [1.165, 1.54) is 42.6 Å². The Bertz CT molecular complexity index is 316. The molecule has 0 atom stereocenters. The van der Waals surface area contributed by atoms with Gasteiger partial charge in [0.05, 0.1) is 0 Å². The van der Waals surface area contributed by atoms with Crippen molar-refractivity contribution in [3.8, 4) is 0 Å². The summed E-state index contributed by atoms with van der Waals surface area (Å²) in [6.07, 6.45) is 2.59. The zero-order valence-corrected chi connectivity index (χ0v) is 10.4. The van der Waals surface area contributed by atoms with Gasteiger partial charge in [-0.25, -0.2) is 0 Å². The van der Waals surface area contributed by atoms with Crippen LogP contribution in [-0.2, 0) is 0 Å². The summed E-state index contributed by atoms with van der Waals surface area (Å²) in [6, 6.07) is 6.93. The molecule has 0 bridgehead atoms. The molecule has 84 valence electrons. The molecule has 0 spiro atoms. The van der Waals surface area contributed by atoms with Gasteiger partial charge >= 0.3 is 0 Å². The SMILES string of the molecule is Cc1ccc(C2CCNCC2)cc1C.Cl. The number of nitrogens with one attached hydrogen (secondary N) is 1. The van der Waals surface area contributed by atoms with Crippen LogP contribution in [0, 0.1) is 13.8 Å². The molecule has 0 aliphatic carbocycles. The predicted molar refractivity (Wildman–Crippen MR) is 68.0 cm³/mol. The minimum absolute atomic E-state index is 0. The highest BCUT2D eigenvalue weighted by atomic mass is 35.5. The molecule has 1 saturated heterocycles. The quantitative estimate of drug-likeness (QED) is 0.774. The second-order valence-electron chi connectivity index (χ2n) is 4.37. The van der Waals surface area contributed by atoms with Crippen molar-refractivity contribution in [2.24, 2.45) is 0 Å². The molecule has 1 nitrogen and oxygen atoms in total. The Hall–Kier alpha value is -0.530. The Labute approximate surface area is 98.7 Å². The third-order valence-corrected chi connectivity index (χ3v) is 3.34. The molecule has 1 N–H and O–H groups in total. The number of piperidine rings is 1. The Morgan fingerprint density at radius 1 is 1.07 bits per heavy atom. The molecule has 1 fully saturated rings. The van der Waals surface area contributed by atoms with E-state index in [4.69, 9.17) is 0 Å². The van der Waals surface area contributed by atoms with E-state index in [2.05, 4.69) is 37.4 Å². The fraction of sp³-hybridized carbons (Fsp3) is 0.538. The molecule has 0 saturated carbocycles. The molecule has 15 heavy (non-hydrogen) atoms. The van der Waals surface area contributed by atoms with E-state index in [1.54, 1.807) is 0 Å². The van der Waals surface area contributed by atoms with E-state index in [1.807, 2.05) is 0 Å². The normalized spacial score (nSPS) is 17.2. The lowest BCUT2D eigenvalue weighted by Crippen LogP contribution is -2.26. The van der Waals surface area contributed by atoms with Gasteiger partial charge in [0.15, 0.2) is 0 Å². The van der Waals surface area contributed by atoms with Crippen LogP contribution < -0.4 is 5.32 Å². The smallest absolute Gasteiger partial charge is 0.00431 e. The van der Waals surface area contributed by atoms with E-state index in [9.17, 15) is 0 Å². The average molecular weight is 226 g/mol. The second kappa shape index (κ2) is 5.53. The maximum absolute atomic E-state index is 3.41. The first kappa shape index (κ1) is 12.5. The molecule has 1 aliphatic rings. The summed E-state index contributed by atoms with van der Waals surface area (Å²) in [5, 5.41) is 3.41. The van der Waals surface area contributed by atoms with Crippen LogP contribution in [0.5, 0.6) is 0 Å². The fourth-order valence-electron chi connectivity index (χ4n) is 2.17. The van der Waals surface area contributed by atoms with Gasteiger partial charge in [-0.05, 0) is 62.4 Å². The number of rotatable bonds is 1. The Morgan fingerprint density at radius 3 is 2.33 bits per heavy atom. The highest BCUT2D eigenvalue weighted by Crippen LogP contribution is 2.26. The molecule has 1 aromatic rings. The highest BCUT2D eigenvalue weighted by Gasteiger charge is 2.14. The third-order valence-electron chi connectivity index (χ3n) is 3.34. The maximum Gasteiger partial charge on any atom is -0.00431 e. The van der Waals surface area contributed by atoms with Crippen LogP contribution in [0.15, 0.2) is 18.2 Å². The Balaban J connectivity index is 0.00000112. The number of benzene rings is 1. The molecular weight excluding hydrogens is 206 g/mol. The molecule has 2 heteroatoms. The van der Waals surface area contributed by atoms with E-state index in [0.29, 0.717) is 0 Å². The summed E-state index contributed by atoms with van der Waals surface area (Å²) >= 11 is 0. The van der Waals surface area contributed by atoms with Crippen LogP contribution in [0.1, 0.15) is 35.4 Å². The monoisotopic (exact) mass is 225 g/mol. The third kappa shape index (κ3) is 2.96. The van der Waals surface area contributed by atoms with Crippen molar-refractivity contribution in [1.29, 1.82) is 0 Å². The summed E-state index contributed by atoms with van der Waals surface area (Å²) in [4.78, 5) is 0. The molecule has 0 amide bonds. The van der Waals surface area contributed by atoms with Crippen LogP contribution in [-0.4, -0.2) is 13.1 Å². The minimum Gasteiger partial charge on any atom is -0.317 e. The van der Waals surface area contributed by atoms with Gasteiger partial charge in [0, 0.05) is 0 Å². The van der Waals surface area contributed by atoms with Crippen LogP contribution in [0.2, 0.25) is 0 Å². The van der Waals surface area contributed by atoms with E-state index < -0.39 is 0 Å². The summed E-state index contributed by atoms with van der Waals surface area (Å²) in [5.41, 5.74) is 4.37. The van der Waals surface area contributed by atoms with Crippen molar-refractivity contribution in [3.63, 3.8) is 0 Å². The van der Waals surface area contributed by atoms with Crippen molar-refractivity contribution in [2.75, 3.05) is 13.1 Å². The topological polar surface area (TPSA) is 12.0 Å². The van der Waals surface area contributed by atoms with Crippen molar-refractivity contribution in [1.82, 2.24) is 5.32 Å². The first-order valence-electron chi connectivity index (χ1n) is 5.55. The molecule has 1 aromatic carbocycles. The fourth-order valence-corrected chi connectivity index (χ4v) is 2.17. The van der Waals surface area contributed by atoms with Gasteiger partial charge in [-0.2, -0.15) is 0 Å². The highest BCUT2D eigenvalue weighted by molar-refractivity contribution is 5.85. The maximum atomic E-state index is 3.41. The minimum atomic E-state index is 0. The van der Waals surface area contributed by atoms with Crippen molar-refractivity contribution >= 4 is 12.4 Å². The van der Waals surface area contributed by atoms with Gasteiger partial charge in [0.1, 0.15) is 0 Å². The number of hydrogen-bond donors (Lipinski definition) is 1. The first-order chi connectivity index (χ1) is 6.77. The summed E-state index contributed by atoms with van der Waals surface area (Å²) in [6.45, 7) is 6.75. The van der Waals surface area contributed by atoms with Crippen molar-refractivity contribution in [2.45, 2.75) is 32.6 Å². The zero-order valence-electron chi connectivity index (χ0n) is 9.55. The number of aryl methyl sites for hydroxylation is 2. The van der Waals surface area contributed by atoms with Crippen molar-refractivity contribution in [3.05, 3.63) is 34.9 Å².